The van der Waals surface area contributed by atoms with E-state index >= 15 is 0 Å². The maximum Gasteiger partial charge on any atom is 0.397 e. The van der Waals surface area contributed by atoms with Crippen LogP contribution in [0.15, 0.2) is 12.2 Å². The Bertz CT molecular complexity index is 951. The van der Waals surface area contributed by atoms with E-state index in [4.69, 9.17) is 14.0 Å². The van der Waals surface area contributed by atoms with Crippen LogP contribution in [0.2, 0.25) is 0 Å². The van der Waals surface area contributed by atoms with Crippen molar-refractivity contribution in [2.75, 3.05) is 13.2 Å². The van der Waals surface area contributed by atoms with Crippen molar-refractivity contribution in [3.8, 4) is 0 Å². The monoisotopic (exact) mass is 723 g/mol. The average molecular weight is 724 g/mol. The summed E-state index contributed by atoms with van der Waals surface area (Å²) in [4.78, 5) is 12.9. The second-order valence-corrected chi connectivity index (χ2v) is 14.6. The van der Waals surface area contributed by atoms with Crippen molar-refractivity contribution in [3.05, 3.63) is 12.2 Å². The number of unbranched alkanes of at least 4 members (excludes halogenated alkanes) is 17. The second kappa shape index (κ2) is 28.4. The van der Waals surface area contributed by atoms with Crippen molar-refractivity contribution in [2.24, 2.45) is 0 Å². The molecule has 0 radical (unpaired) electrons. The van der Waals surface area contributed by atoms with Gasteiger partial charge in [0.15, 0.2) is 6.29 Å². The molecule has 0 saturated carbocycles. The highest BCUT2D eigenvalue weighted by molar-refractivity contribution is 7.80. The zero-order valence-electron chi connectivity index (χ0n) is 30.3. The van der Waals surface area contributed by atoms with Gasteiger partial charge in [-0.15, -0.1) is 0 Å². The Morgan fingerprint density at radius 1 is 0.796 bits per heavy atom. The van der Waals surface area contributed by atoms with E-state index in [0.29, 0.717) is 12.8 Å². The molecule has 0 spiro atoms. The molecule has 1 heterocycles. The summed E-state index contributed by atoms with van der Waals surface area (Å²) in [6, 6.07) is -0.859. The van der Waals surface area contributed by atoms with Gasteiger partial charge in [0.2, 0.25) is 5.91 Å². The summed E-state index contributed by atoms with van der Waals surface area (Å²) in [5, 5.41) is 44.4. The molecular formula is C36H69NO11S. The molecule has 0 aromatic rings. The predicted octanol–water partition coefficient (Wildman–Crippen LogP) is 5.65. The minimum atomic E-state index is -5.07. The van der Waals surface area contributed by atoms with Crippen LogP contribution in [-0.2, 0) is 28.9 Å². The summed E-state index contributed by atoms with van der Waals surface area (Å²) in [5.41, 5.74) is 0. The van der Waals surface area contributed by atoms with Crippen LogP contribution in [0.3, 0.4) is 0 Å². The SMILES string of the molecule is CCCCCCCC/C=C\CCCCCC(=O)NC(COC1OC(CO)C(O)C(OS(=O)(=O)O)C1O)C(O)CCCCCCCCCCC. The van der Waals surface area contributed by atoms with Crippen LogP contribution in [0.5, 0.6) is 0 Å². The van der Waals surface area contributed by atoms with E-state index in [9.17, 15) is 33.6 Å². The molecule has 0 aromatic carbocycles. The molecule has 1 fully saturated rings. The number of carbonyl (C=O) groups is 1. The summed E-state index contributed by atoms with van der Waals surface area (Å²) >= 11 is 0. The summed E-state index contributed by atoms with van der Waals surface area (Å²) in [6.07, 6.45) is 18.1. The minimum Gasteiger partial charge on any atom is -0.394 e. The van der Waals surface area contributed by atoms with E-state index in [-0.39, 0.29) is 18.9 Å². The lowest BCUT2D eigenvalue weighted by molar-refractivity contribution is -0.298. The number of hydrogen-bond donors (Lipinski definition) is 6. The highest BCUT2D eigenvalue weighted by Gasteiger charge is 2.48. The largest absolute Gasteiger partial charge is 0.397 e. The number of ether oxygens (including phenoxy) is 2. The van der Waals surface area contributed by atoms with Gasteiger partial charge < -0.3 is 35.2 Å². The molecule has 49 heavy (non-hydrogen) atoms. The van der Waals surface area contributed by atoms with Crippen molar-refractivity contribution in [1.82, 2.24) is 5.32 Å². The van der Waals surface area contributed by atoms with Gasteiger partial charge in [-0.3, -0.25) is 9.35 Å². The van der Waals surface area contributed by atoms with Crippen molar-refractivity contribution >= 4 is 16.3 Å². The number of carbonyl (C=O) groups excluding carboxylic acids is 1. The zero-order chi connectivity index (χ0) is 36.3. The molecule has 0 bridgehead atoms. The smallest absolute Gasteiger partial charge is 0.394 e. The quantitative estimate of drug-likeness (QED) is 0.0294. The Balaban J connectivity index is 2.62. The lowest BCUT2D eigenvalue weighted by Crippen LogP contribution is -2.61. The number of nitrogens with one attached hydrogen (secondary N) is 1. The van der Waals surface area contributed by atoms with Crippen LogP contribution in [0.1, 0.15) is 155 Å². The van der Waals surface area contributed by atoms with Gasteiger partial charge in [0.05, 0.1) is 25.4 Å². The Morgan fingerprint density at radius 3 is 1.84 bits per heavy atom. The normalized spacial score (nSPS) is 22.8. The average Bonchev–Trinajstić information content (AvgIpc) is 3.06. The first kappa shape index (κ1) is 45.9. The molecule has 1 aliphatic rings. The first-order valence-corrected chi connectivity index (χ1v) is 20.4. The maximum absolute atomic E-state index is 12.9. The number of amides is 1. The lowest BCUT2D eigenvalue weighted by Gasteiger charge is -2.41. The van der Waals surface area contributed by atoms with Gasteiger partial charge in [0, 0.05) is 6.42 Å². The summed E-state index contributed by atoms with van der Waals surface area (Å²) in [6.45, 7) is 3.36. The predicted molar refractivity (Wildman–Crippen MR) is 190 cm³/mol. The Labute approximate surface area is 296 Å². The molecule has 1 rings (SSSR count). The Kier molecular flexibility index (Phi) is 26.6. The van der Waals surface area contributed by atoms with Crippen LogP contribution in [0.4, 0.5) is 0 Å². The number of allylic oxidation sites excluding steroid dienone is 2. The molecule has 1 saturated heterocycles. The van der Waals surface area contributed by atoms with Gasteiger partial charge in [-0.1, -0.05) is 122 Å². The maximum atomic E-state index is 12.9. The number of aliphatic hydroxyl groups is 4. The molecular weight excluding hydrogens is 654 g/mol. The van der Waals surface area contributed by atoms with Gasteiger partial charge in [-0.2, -0.15) is 8.42 Å². The molecule has 12 nitrogen and oxygen atoms in total. The standard InChI is InChI=1S/C36H69NO11S/c1-3-5-7-9-11-13-14-15-16-18-20-22-24-26-32(40)37-29(30(39)25-23-21-19-17-12-10-8-6-4-2)28-46-36-34(42)35(48-49(43,44)45)33(41)31(27-38)47-36/h15-16,29-31,33-36,38-39,41-42H,3-14,17-28H2,1-2H3,(H,37,40)(H,43,44,45)/b16-15-. The third kappa shape index (κ3) is 22.4. The lowest BCUT2D eigenvalue weighted by atomic mass is 9.99. The first-order chi connectivity index (χ1) is 23.5. The fourth-order valence-electron chi connectivity index (χ4n) is 6.04. The minimum absolute atomic E-state index is 0.250. The van der Waals surface area contributed by atoms with Gasteiger partial charge in [0.25, 0.3) is 0 Å². The Morgan fingerprint density at radius 2 is 1.31 bits per heavy atom. The Hall–Kier alpha value is -1.16. The molecule has 0 aromatic heterocycles. The zero-order valence-corrected chi connectivity index (χ0v) is 31.1. The first-order valence-electron chi connectivity index (χ1n) is 19.1. The number of rotatable bonds is 31. The van der Waals surface area contributed by atoms with Crippen molar-refractivity contribution in [3.63, 3.8) is 0 Å². The van der Waals surface area contributed by atoms with Crippen LogP contribution < -0.4 is 5.32 Å². The van der Waals surface area contributed by atoms with E-state index in [1.54, 1.807) is 0 Å². The highest BCUT2D eigenvalue weighted by Crippen LogP contribution is 2.26. The van der Waals surface area contributed by atoms with Gasteiger partial charge in [-0.05, 0) is 38.5 Å². The summed E-state index contributed by atoms with van der Waals surface area (Å²) in [7, 11) is -5.07. The van der Waals surface area contributed by atoms with E-state index in [2.05, 4.69) is 35.5 Å². The van der Waals surface area contributed by atoms with Crippen molar-refractivity contribution in [2.45, 2.75) is 198 Å². The third-order valence-electron chi connectivity index (χ3n) is 9.07. The van der Waals surface area contributed by atoms with E-state index < -0.39 is 59.9 Å². The molecule has 1 aliphatic heterocycles. The van der Waals surface area contributed by atoms with Crippen molar-refractivity contribution < 1.29 is 51.8 Å². The van der Waals surface area contributed by atoms with Gasteiger partial charge >= 0.3 is 10.4 Å². The molecule has 7 atom stereocenters. The van der Waals surface area contributed by atoms with Crippen molar-refractivity contribution in [1.29, 1.82) is 0 Å². The molecule has 13 heteroatoms. The van der Waals surface area contributed by atoms with E-state index in [1.165, 1.54) is 70.6 Å². The van der Waals surface area contributed by atoms with Crippen LogP contribution in [-0.4, -0.2) is 95.4 Å². The number of aliphatic hydroxyl groups excluding tert-OH is 4. The molecule has 1 amide bonds. The van der Waals surface area contributed by atoms with Crippen LogP contribution >= 0.6 is 0 Å². The summed E-state index contributed by atoms with van der Waals surface area (Å²) < 4.78 is 47.3. The van der Waals surface area contributed by atoms with Gasteiger partial charge in [0.1, 0.15) is 24.4 Å². The van der Waals surface area contributed by atoms with E-state index in [1.807, 2.05) is 0 Å². The topological polar surface area (TPSA) is 192 Å². The van der Waals surface area contributed by atoms with E-state index in [0.717, 1.165) is 51.4 Å². The number of hydrogen-bond acceptors (Lipinski definition) is 10. The molecule has 290 valence electrons. The van der Waals surface area contributed by atoms with Crippen LogP contribution in [0.25, 0.3) is 0 Å². The van der Waals surface area contributed by atoms with Crippen LogP contribution in [0, 0.1) is 0 Å². The van der Waals surface area contributed by atoms with Gasteiger partial charge in [-0.25, -0.2) is 4.18 Å². The third-order valence-corrected chi connectivity index (χ3v) is 9.54. The second-order valence-electron chi connectivity index (χ2n) is 13.5. The fourth-order valence-corrected chi connectivity index (χ4v) is 6.55. The fraction of sp³-hybridized carbons (Fsp3) is 0.917. The molecule has 7 unspecified atom stereocenters. The molecule has 6 N–H and O–H groups in total. The summed E-state index contributed by atoms with van der Waals surface area (Å²) in [5.74, 6) is -0.250. The molecule has 0 aliphatic carbocycles. The highest BCUT2D eigenvalue weighted by atomic mass is 32.3.